The molecule has 0 radical (unpaired) electrons. The zero-order chi connectivity index (χ0) is 29.8. The monoisotopic (exact) mass is 583 g/mol. The van der Waals surface area contributed by atoms with Crippen molar-refractivity contribution >= 4 is 29.3 Å². The second-order valence-electron chi connectivity index (χ2n) is 10.3. The zero-order valence-electron chi connectivity index (χ0n) is 24.9. The average molecular weight is 584 g/mol. The summed E-state index contributed by atoms with van der Waals surface area (Å²) in [5.74, 6) is 2.58. The third-order valence-electron chi connectivity index (χ3n) is 7.33. The van der Waals surface area contributed by atoms with Crippen molar-refractivity contribution < 1.29 is 14.3 Å². The fraction of sp³-hybridized carbons (Fsp3) is 0.303. The van der Waals surface area contributed by atoms with E-state index in [1.54, 1.807) is 16.4 Å². The topological polar surface area (TPSA) is 90.3 Å². The SMILES string of the molecule is CCOc1ccccc1NC(=O)C1=C(C)Nc2nc(SCC)nn2C1c1ccc(OCc2cc(C)c(C)cc2C)cc1. The van der Waals surface area contributed by atoms with Crippen LogP contribution >= 0.6 is 11.8 Å². The number of allylic oxidation sites excluding steroid dienone is 1. The van der Waals surface area contributed by atoms with Crippen molar-refractivity contribution in [3.8, 4) is 11.5 Å². The first-order valence-corrected chi connectivity index (χ1v) is 15.2. The molecule has 42 heavy (non-hydrogen) atoms. The summed E-state index contributed by atoms with van der Waals surface area (Å²) in [5, 5.41) is 11.8. The molecule has 1 atom stereocenters. The van der Waals surface area contributed by atoms with Gasteiger partial charge in [0.05, 0.1) is 17.9 Å². The molecule has 1 aromatic heterocycles. The van der Waals surface area contributed by atoms with Crippen LogP contribution in [0.15, 0.2) is 77.1 Å². The van der Waals surface area contributed by atoms with Gasteiger partial charge < -0.3 is 20.1 Å². The standard InChI is InChI=1S/C33H37N5O3S/c1-7-40-28-12-10-9-11-27(28)35-31(39)29-23(6)34-32-36-33(42-8-2)37-38(32)30(29)24-13-15-26(16-14-24)41-19-25-18-21(4)20(3)17-22(25)5/h9-18,30H,7-8,19H2,1-6H3,(H,35,39)(H,34,36,37). The van der Waals surface area contributed by atoms with E-state index in [-0.39, 0.29) is 5.91 Å². The molecule has 2 heterocycles. The third-order valence-corrected chi connectivity index (χ3v) is 8.05. The fourth-order valence-electron chi connectivity index (χ4n) is 5.05. The lowest BCUT2D eigenvalue weighted by molar-refractivity contribution is -0.113. The van der Waals surface area contributed by atoms with Gasteiger partial charge in [0.1, 0.15) is 24.1 Å². The van der Waals surface area contributed by atoms with Gasteiger partial charge in [-0.05, 0) is 92.5 Å². The number of para-hydroxylation sites is 2. The van der Waals surface area contributed by atoms with Crippen molar-refractivity contribution in [3.63, 3.8) is 0 Å². The number of nitrogens with zero attached hydrogens (tertiary/aromatic N) is 3. The number of thioether (sulfide) groups is 1. The summed E-state index contributed by atoms with van der Waals surface area (Å²) in [6, 6.07) is 19.2. The van der Waals surface area contributed by atoms with Crippen LogP contribution in [-0.2, 0) is 11.4 Å². The number of aromatic nitrogens is 3. The highest BCUT2D eigenvalue weighted by Gasteiger charge is 2.34. The van der Waals surface area contributed by atoms with Gasteiger partial charge in [-0.15, -0.1) is 5.10 Å². The molecule has 0 fully saturated rings. The van der Waals surface area contributed by atoms with Crippen molar-refractivity contribution in [2.75, 3.05) is 23.0 Å². The normalized spacial score (nSPS) is 14.3. The van der Waals surface area contributed by atoms with Crippen molar-refractivity contribution in [1.29, 1.82) is 0 Å². The summed E-state index contributed by atoms with van der Waals surface area (Å²) in [5.41, 5.74) is 7.68. The minimum Gasteiger partial charge on any atom is -0.492 e. The van der Waals surface area contributed by atoms with E-state index in [0.29, 0.717) is 47.0 Å². The van der Waals surface area contributed by atoms with Crippen LogP contribution in [-0.4, -0.2) is 33.0 Å². The number of ether oxygens (including phenoxy) is 2. The van der Waals surface area contributed by atoms with E-state index in [1.807, 2.05) is 62.4 Å². The number of anilines is 2. The van der Waals surface area contributed by atoms with Gasteiger partial charge in [0.15, 0.2) is 0 Å². The highest BCUT2D eigenvalue weighted by Crippen LogP contribution is 2.38. The molecule has 0 aliphatic carbocycles. The van der Waals surface area contributed by atoms with Crippen LogP contribution in [0.1, 0.15) is 54.6 Å². The Morgan fingerprint density at radius 1 is 0.976 bits per heavy atom. The summed E-state index contributed by atoms with van der Waals surface area (Å²) in [4.78, 5) is 18.6. The Labute approximate surface area is 251 Å². The van der Waals surface area contributed by atoms with Crippen LogP contribution < -0.4 is 20.1 Å². The Balaban J connectivity index is 1.45. The minimum absolute atomic E-state index is 0.242. The molecule has 0 saturated carbocycles. The van der Waals surface area contributed by atoms with Gasteiger partial charge in [-0.3, -0.25) is 4.79 Å². The molecule has 9 heteroatoms. The van der Waals surface area contributed by atoms with Gasteiger partial charge >= 0.3 is 0 Å². The van der Waals surface area contributed by atoms with E-state index in [0.717, 1.165) is 17.1 Å². The van der Waals surface area contributed by atoms with Crippen LogP contribution in [0.2, 0.25) is 0 Å². The number of carbonyl (C=O) groups is 1. The Bertz CT molecular complexity index is 1630. The predicted molar refractivity (Wildman–Crippen MR) is 169 cm³/mol. The second kappa shape index (κ2) is 12.7. The lowest BCUT2D eigenvalue weighted by Gasteiger charge is -2.29. The molecule has 4 aromatic rings. The van der Waals surface area contributed by atoms with Gasteiger partial charge in [-0.2, -0.15) is 4.98 Å². The second-order valence-corrected chi connectivity index (χ2v) is 11.5. The molecular formula is C33H37N5O3S. The number of fused-ring (bicyclic) bond motifs is 1. The smallest absolute Gasteiger partial charge is 0.255 e. The summed E-state index contributed by atoms with van der Waals surface area (Å²) in [6.45, 7) is 13.2. The molecule has 2 N–H and O–H groups in total. The van der Waals surface area contributed by atoms with Gasteiger partial charge in [0, 0.05) is 5.70 Å². The maximum Gasteiger partial charge on any atom is 0.255 e. The minimum atomic E-state index is -0.491. The van der Waals surface area contributed by atoms with Crippen LogP contribution in [0.4, 0.5) is 11.6 Å². The maximum absolute atomic E-state index is 13.9. The van der Waals surface area contributed by atoms with Crippen LogP contribution in [0, 0.1) is 20.8 Å². The van der Waals surface area contributed by atoms with E-state index >= 15 is 0 Å². The van der Waals surface area contributed by atoms with Crippen LogP contribution in [0.5, 0.6) is 11.5 Å². The first-order valence-electron chi connectivity index (χ1n) is 14.2. The lowest BCUT2D eigenvalue weighted by Crippen LogP contribution is -2.31. The van der Waals surface area contributed by atoms with Crippen molar-refractivity contribution in [1.82, 2.24) is 14.8 Å². The number of aryl methyl sites for hydroxylation is 3. The number of hydrogen-bond donors (Lipinski definition) is 2. The highest BCUT2D eigenvalue weighted by molar-refractivity contribution is 7.99. The first-order chi connectivity index (χ1) is 20.3. The number of rotatable bonds is 10. The quantitative estimate of drug-likeness (QED) is 0.191. The molecule has 0 bridgehead atoms. The van der Waals surface area contributed by atoms with E-state index in [9.17, 15) is 4.79 Å². The molecule has 0 saturated heterocycles. The Hall–Kier alpha value is -4.24. The number of carbonyl (C=O) groups excluding carboxylic acids is 1. The molecule has 0 spiro atoms. The van der Waals surface area contributed by atoms with E-state index in [2.05, 4.69) is 55.4 Å². The molecule has 8 nitrogen and oxygen atoms in total. The summed E-state index contributed by atoms with van der Waals surface area (Å²) in [7, 11) is 0. The molecular weight excluding hydrogens is 546 g/mol. The molecule has 3 aromatic carbocycles. The molecule has 5 rings (SSSR count). The molecule has 1 aliphatic rings. The van der Waals surface area contributed by atoms with Crippen LogP contribution in [0.25, 0.3) is 0 Å². The molecule has 1 amide bonds. The zero-order valence-corrected chi connectivity index (χ0v) is 25.8. The lowest BCUT2D eigenvalue weighted by atomic mass is 9.95. The Kier molecular flexibility index (Phi) is 8.87. The third kappa shape index (κ3) is 6.16. The first kappa shape index (κ1) is 29.3. The van der Waals surface area contributed by atoms with Crippen molar-refractivity contribution in [2.24, 2.45) is 0 Å². The number of amides is 1. The van der Waals surface area contributed by atoms with Gasteiger partial charge in [0.2, 0.25) is 11.1 Å². The average Bonchev–Trinajstić information content (AvgIpc) is 3.37. The number of nitrogens with one attached hydrogen (secondary N) is 2. The summed E-state index contributed by atoms with van der Waals surface area (Å²) < 4.78 is 13.7. The Morgan fingerprint density at radius 2 is 1.71 bits per heavy atom. The molecule has 1 aliphatic heterocycles. The highest BCUT2D eigenvalue weighted by atomic mass is 32.2. The van der Waals surface area contributed by atoms with E-state index in [1.165, 1.54) is 22.3 Å². The number of hydrogen-bond acceptors (Lipinski definition) is 7. The van der Waals surface area contributed by atoms with E-state index < -0.39 is 6.04 Å². The van der Waals surface area contributed by atoms with Gasteiger partial charge in [-0.1, -0.05) is 55.1 Å². The summed E-state index contributed by atoms with van der Waals surface area (Å²) in [6.07, 6.45) is 0. The fourth-order valence-corrected chi connectivity index (χ4v) is 5.60. The van der Waals surface area contributed by atoms with E-state index in [4.69, 9.17) is 14.6 Å². The van der Waals surface area contributed by atoms with Crippen molar-refractivity contribution in [2.45, 2.75) is 59.3 Å². The van der Waals surface area contributed by atoms with Gasteiger partial charge in [-0.25, -0.2) is 4.68 Å². The molecule has 218 valence electrons. The predicted octanol–water partition coefficient (Wildman–Crippen LogP) is 7.22. The molecule has 1 unspecified atom stereocenters. The van der Waals surface area contributed by atoms with Crippen molar-refractivity contribution in [3.05, 3.63) is 99.8 Å². The summed E-state index contributed by atoms with van der Waals surface area (Å²) >= 11 is 1.56. The van der Waals surface area contributed by atoms with Gasteiger partial charge in [0.25, 0.3) is 5.91 Å². The Morgan fingerprint density at radius 3 is 2.45 bits per heavy atom. The number of benzene rings is 3. The van der Waals surface area contributed by atoms with Crippen LogP contribution in [0.3, 0.4) is 0 Å². The largest absolute Gasteiger partial charge is 0.492 e. The maximum atomic E-state index is 13.9.